The molecule has 2 aromatic rings. The van der Waals surface area contributed by atoms with Crippen LogP contribution < -0.4 is 4.74 Å². The average molecular weight is 275 g/mol. The number of carbonyl (C=O) groups is 1. The number of ether oxygens (including phenoxy) is 1. The van der Waals surface area contributed by atoms with E-state index < -0.39 is 11.4 Å². The number of aromatic nitrogens is 1. The summed E-state index contributed by atoms with van der Waals surface area (Å²) < 4.78 is 7.69. The lowest BCUT2D eigenvalue weighted by Crippen LogP contribution is -2.25. The lowest BCUT2D eigenvalue weighted by atomic mass is 9.89. The predicted octanol–water partition coefficient (Wildman–Crippen LogP) is 3.54. The van der Waals surface area contributed by atoms with Crippen LogP contribution >= 0.6 is 0 Å². The lowest BCUT2D eigenvalue weighted by Gasteiger charge is -2.19. The van der Waals surface area contributed by atoms with Gasteiger partial charge in [0.25, 0.3) is 0 Å². The number of carboxylic acids is 1. The Morgan fingerprint density at radius 1 is 1.35 bits per heavy atom. The topological polar surface area (TPSA) is 51.5 Å². The molecule has 0 aliphatic heterocycles. The zero-order chi connectivity index (χ0) is 14.8. The molecule has 0 saturated heterocycles. The number of benzene rings is 1. The van der Waals surface area contributed by atoms with E-state index in [1.165, 1.54) is 0 Å². The summed E-state index contributed by atoms with van der Waals surface area (Å²) in [5.41, 5.74) is 0.367. The molecule has 0 amide bonds. The van der Waals surface area contributed by atoms with Gasteiger partial charge in [-0.1, -0.05) is 6.07 Å². The van der Waals surface area contributed by atoms with E-state index in [0.29, 0.717) is 19.6 Å². The Balaban J connectivity index is 2.24. The van der Waals surface area contributed by atoms with E-state index in [2.05, 4.69) is 4.57 Å². The molecular formula is C16H21NO3. The third kappa shape index (κ3) is 2.79. The van der Waals surface area contributed by atoms with Crippen LogP contribution in [-0.2, 0) is 11.3 Å². The van der Waals surface area contributed by atoms with Crippen molar-refractivity contribution in [1.29, 1.82) is 0 Å². The Hall–Kier alpha value is -1.97. The number of fused-ring (bicyclic) bond motifs is 1. The van der Waals surface area contributed by atoms with Crippen LogP contribution in [0.5, 0.6) is 5.75 Å². The van der Waals surface area contributed by atoms with Crippen molar-refractivity contribution in [3.05, 3.63) is 30.5 Å². The number of aryl methyl sites for hydroxylation is 1. The minimum absolute atomic E-state index is 0.588. The van der Waals surface area contributed by atoms with E-state index in [0.717, 1.165) is 16.7 Å². The molecule has 1 aromatic heterocycles. The molecule has 0 spiro atoms. The van der Waals surface area contributed by atoms with E-state index in [-0.39, 0.29) is 0 Å². The molecule has 4 nitrogen and oxygen atoms in total. The molecule has 108 valence electrons. The fourth-order valence-electron chi connectivity index (χ4n) is 2.18. The van der Waals surface area contributed by atoms with Crippen LogP contribution in [0.2, 0.25) is 0 Å². The molecule has 0 unspecified atom stereocenters. The van der Waals surface area contributed by atoms with Crippen molar-refractivity contribution in [1.82, 2.24) is 4.57 Å². The molecule has 4 heteroatoms. The maximum Gasteiger partial charge on any atom is 0.309 e. The van der Waals surface area contributed by atoms with Gasteiger partial charge < -0.3 is 14.4 Å². The van der Waals surface area contributed by atoms with Crippen LogP contribution in [-0.4, -0.2) is 22.2 Å². The molecule has 20 heavy (non-hydrogen) atoms. The van der Waals surface area contributed by atoms with Crippen molar-refractivity contribution in [2.45, 2.75) is 33.7 Å². The van der Waals surface area contributed by atoms with Crippen molar-refractivity contribution in [3.63, 3.8) is 0 Å². The maximum absolute atomic E-state index is 11.2. The Kier molecular flexibility index (Phi) is 4.02. The first-order chi connectivity index (χ1) is 9.45. The summed E-state index contributed by atoms with van der Waals surface area (Å²) in [6.07, 6.45) is 2.58. The SMILES string of the molecule is CCOc1cccc2c1ccn2CCC(C)(C)C(=O)O. The van der Waals surface area contributed by atoms with Crippen LogP contribution in [0.15, 0.2) is 30.5 Å². The molecular weight excluding hydrogens is 254 g/mol. The quantitative estimate of drug-likeness (QED) is 0.877. The average Bonchev–Trinajstić information content (AvgIpc) is 2.81. The van der Waals surface area contributed by atoms with Gasteiger partial charge in [-0.2, -0.15) is 0 Å². The normalized spacial score (nSPS) is 11.8. The molecule has 0 aliphatic carbocycles. The molecule has 1 N–H and O–H groups in total. The molecule has 0 bridgehead atoms. The van der Waals surface area contributed by atoms with Crippen molar-refractivity contribution >= 4 is 16.9 Å². The first-order valence-electron chi connectivity index (χ1n) is 6.90. The summed E-state index contributed by atoms with van der Waals surface area (Å²) in [4.78, 5) is 11.2. The highest BCUT2D eigenvalue weighted by molar-refractivity contribution is 5.86. The van der Waals surface area contributed by atoms with E-state index in [9.17, 15) is 4.79 Å². The fraction of sp³-hybridized carbons (Fsp3) is 0.438. The van der Waals surface area contributed by atoms with Gasteiger partial charge in [0.1, 0.15) is 5.75 Å². The van der Waals surface area contributed by atoms with Gasteiger partial charge in [0.2, 0.25) is 0 Å². The number of aliphatic carboxylic acids is 1. The second-order valence-electron chi connectivity index (χ2n) is 5.57. The maximum atomic E-state index is 11.2. The Bertz CT molecular complexity index is 613. The number of carboxylic acid groups (broad SMARTS) is 1. The molecule has 0 radical (unpaired) electrons. The number of nitrogens with zero attached hydrogens (tertiary/aromatic N) is 1. The summed E-state index contributed by atoms with van der Waals surface area (Å²) in [6, 6.07) is 7.98. The minimum Gasteiger partial charge on any atom is -0.493 e. The first-order valence-corrected chi connectivity index (χ1v) is 6.90. The molecule has 1 aromatic carbocycles. The van der Waals surface area contributed by atoms with E-state index in [1.54, 1.807) is 13.8 Å². The Morgan fingerprint density at radius 3 is 2.75 bits per heavy atom. The lowest BCUT2D eigenvalue weighted by molar-refractivity contribution is -0.147. The van der Waals surface area contributed by atoms with E-state index in [1.807, 2.05) is 37.4 Å². The Labute approximate surface area is 119 Å². The number of rotatable bonds is 6. The fourth-order valence-corrected chi connectivity index (χ4v) is 2.18. The zero-order valence-corrected chi connectivity index (χ0v) is 12.2. The van der Waals surface area contributed by atoms with Crippen molar-refractivity contribution in [3.8, 4) is 5.75 Å². The van der Waals surface area contributed by atoms with E-state index >= 15 is 0 Å². The van der Waals surface area contributed by atoms with Gasteiger partial charge in [-0.05, 0) is 45.4 Å². The third-order valence-electron chi connectivity index (χ3n) is 3.63. The first kappa shape index (κ1) is 14.4. The van der Waals surface area contributed by atoms with Gasteiger partial charge in [0.05, 0.1) is 17.5 Å². The summed E-state index contributed by atoms with van der Waals surface area (Å²) in [6.45, 7) is 6.79. The predicted molar refractivity (Wildman–Crippen MR) is 79.1 cm³/mol. The minimum atomic E-state index is -0.760. The van der Waals surface area contributed by atoms with E-state index in [4.69, 9.17) is 9.84 Å². The summed E-state index contributed by atoms with van der Waals surface area (Å²) >= 11 is 0. The molecule has 1 heterocycles. The zero-order valence-electron chi connectivity index (χ0n) is 12.2. The van der Waals surface area contributed by atoms with Gasteiger partial charge in [0.15, 0.2) is 0 Å². The highest BCUT2D eigenvalue weighted by atomic mass is 16.5. The summed E-state index contributed by atoms with van der Waals surface area (Å²) in [7, 11) is 0. The second kappa shape index (κ2) is 5.57. The molecule has 0 atom stereocenters. The smallest absolute Gasteiger partial charge is 0.309 e. The highest BCUT2D eigenvalue weighted by Gasteiger charge is 2.26. The van der Waals surface area contributed by atoms with Crippen molar-refractivity contribution in [2.24, 2.45) is 5.41 Å². The molecule has 0 saturated carbocycles. The monoisotopic (exact) mass is 275 g/mol. The molecule has 0 aliphatic rings. The van der Waals surface area contributed by atoms with Crippen LogP contribution in [0, 0.1) is 5.41 Å². The number of hydrogen-bond donors (Lipinski definition) is 1. The molecule has 0 fully saturated rings. The summed E-state index contributed by atoms with van der Waals surface area (Å²) in [5, 5.41) is 10.2. The number of hydrogen-bond acceptors (Lipinski definition) is 2. The van der Waals surface area contributed by atoms with Crippen molar-refractivity contribution in [2.75, 3.05) is 6.61 Å². The third-order valence-corrected chi connectivity index (χ3v) is 3.63. The van der Waals surface area contributed by atoms with Gasteiger partial charge in [-0.3, -0.25) is 4.79 Å². The van der Waals surface area contributed by atoms with Crippen molar-refractivity contribution < 1.29 is 14.6 Å². The highest BCUT2D eigenvalue weighted by Crippen LogP contribution is 2.28. The summed E-state index contributed by atoms with van der Waals surface area (Å²) in [5.74, 6) is 0.116. The molecule has 2 rings (SSSR count). The van der Waals surface area contributed by atoms with Crippen LogP contribution in [0.25, 0.3) is 10.9 Å². The van der Waals surface area contributed by atoms with Gasteiger partial charge in [-0.25, -0.2) is 0 Å². The van der Waals surface area contributed by atoms with Gasteiger partial charge in [0, 0.05) is 18.1 Å². The van der Waals surface area contributed by atoms with Crippen LogP contribution in [0.1, 0.15) is 27.2 Å². The standard InChI is InChI=1S/C16H21NO3/c1-4-20-14-7-5-6-13-12(14)8-10-17(13)11-9-16(2,3)15(18)19/h5-8,10H,4,9,11H2,1-3H3,(H,18,19). The van der Waals surface area contributed by atoms with Crippen LogP contribution in [0.3, 0.4) is 0 Å². The van der Waals surface area contributed by atoms with Gasteiger partial charge >= 0.3 is 5.97 Å². The Morgan fingerprint density at radius 2 is 2.10 bits per heavy atom. The van der Waals surface area contributed by atoms with Gasteiger partial charge in [-0.15, -0.1) is 0 Å². The second-order valence-corrected chi connectivity index (χ2v) is 5.57. The largest absolute Gasteiger partial charge is 0.493 e. The van der Waals surface area contributed by atoms with Crippen LogP contribution in [0.4, 0.5) is 0 Å².